The number of guanidine groups is 1. The van der Waals surface area contributed by atoms with Crippen LogP contribution in [0.25, 0.3) is 0 Å². The summed E-state index contributed by atoms with van der Waals surface area (Å²) in [6, 6.07) is 10.3. The molecule has 0 aliphatic carbocycles. The number of carbonyl (C=O) groups is 1. The highest BCUT2D eigenvalue weighted by atomic mass is 32.2. The first-order chi connectivity index (χ1) is 11.6. The van der Waals surface area contributed by atoms with Gasteiger partial charge in [0.1, 0.15) is 0 Å². The molecule has 0 heterocycles. The molecule has 1 N–H and O–H groups in total. The second-order valence-corrected chi connectivity index (χ2v) is 6.49. The molecule has 0 saturated carbocycles. The van der Waals surface area contributed by atoms with Crippen LogP contribution in [0.2, 0.25) is 0 Å². The van der Waals surface area contributed by atoms with Gasteiger partial charge in [-0.05, 0) is 32.9 Å². The molecule has 1 aromatic carbocycles. The maximum absolute atomic E-state index is 12.2. The number of benzene rings is 1. The molecule has 0 aromatic heterocycles. The molecule has 1 rings (SSSR count). The average Bonchev–Trinajstić information content (AvgIpc) is 2.59. The van der Waals surface area contributed by atoms with Gasteiger partial charge >= 0.3 is 0 Å². The lowest BCUT2D eigenvalue weighted by molar-refractivity contribution is -0.131. The van der Waals surface area contributed by atoms with Crippen LogP contribution < -0.4 is 5.32 Å². The Morgan fingerprint density at radius 2 is 1.83 bits per heavy atom. The minimum absolute atomic E-state index is 0.131. The Balaban J connectivity index is 2.52. The molecule has 0 aliphatic heterocycles. The number of thioether (sulfide) groups is 1. The monoisotopic (exact) mass is 350 g/mol. The summed E-state index contributed by atoms with van der Waals surface area (Å²) in [4.78, 5) is 21.9. The van der Waals surface area contributed by atoms with Crippen molar-refractivity contribution in [1.29, 1.82) is 0 Å². The van der Waals surface area contributed by atoms with Gasteiger partial charge in [0.05, 0.1) is 13.1 Å². The van der Waals surface area contributed by atoms with E-state index in [0.29, 0.717) is 13.1 Å². The van der Waals surface area contributed by atoms with Crippen LogP contribution in [-0.4, -0.2) is 67.2 Å². The van der Waals surface area contributed by atoms with Gasteiger partial charge in [-0.25, -0.2) is 0 Å². The van der Waals surface area contributed by atoms with Crippen molar-refractivity contribution in [2.75, 3.05) is 45.5 Å². The molecule has 0 unspecified atom stereocenters. The van der Waals surface area contributed by atoms with Gasteiger partial charge in [0, 0.05) is 37.3 Å². The zero-order valence-electron chi connectivity index (χ0n) is 15.3. The van der Waals surface area contributed by atoms with Crippen LogP contribution in [0.4, 0.5) is 0 Å². The van der Waals surface area contributed by atoms with Crippen molar-refractivity contribution in [2.45, 2.75) is 25.7 Å². The Hall–Kier alpha value is -1.69. The van der Waals surface area contributed by atoms with Gasteiger partial charge in [0.2, 0.25) is 5.91 Å². The molecule has 0 atom stereocenters. The van der Waals surface area contributed by atoms with Crippen LogP contribution in [0.5, 0.6) is 0 Å². The molecule has 0 radical (unpaired) electrons. The van der Waals surface area contributed by atoms with Crippen molar-refractivity contribution in [3.63, 3.8) is 0 Å². The summed E-state index contributed by atoms with van der Waals surface area (Å²) in [6.07, 6.45) is 0. The van der Waals surface area contributed by atoms with Crippen molar-refractivity contribution in [3.8, 4) is 0 Å². The molecule has 1 aromatic rings. The summed E-state index contributed by atoms with van der Waals surface area (Å²) < 4.78 is 0. The summed E-state index contributed by atoms with van der Waals surface area (Å²) in [5, 5.41) is 3.26. The van der Waals surface area contributed by atoms with Crippen molar-refractivity contribution in [2.24, 2.45) is 4.99 Å². The zero-order chi connectivity index (χ0) is 17.8. The Morgan fingerprint density at radius 1 is 1.17 bits per heavy atom. The lowest BCUT2D eigenvalue weighted by Gasteiger charge is -2.25. The first-order valence-corrected chi connectivity index (χ1v) is 9.55. The second-order valence-electron chi connectivity index (χ2n) is 5.32. The molecule has 0 bridgehead atoms. The highest BCUT2D eigenvalue weighted by Crippen LogP contribution is 2.16. The number of aliphatic imine (C=N–C) groups is 1. The minimum atomic E-state index is 0.131. The largest absolute Gasteiger partial charge is 0.357 e. The molecule has 0 saturated heterocycles. The zero-order valence-corrected chi connectivity index (χ0v) is 16.1. The van der Waals surface area contributed by atoms with Gasteiger partial charge < -0.3 is 15.1 Å². The van der Waals surface area contributed by atoms with E-state index in [2.05, 4.69) is 22.4 Å². The topological polar surface area (TPSA) is 47.9 Å². The third-order valence-corrected chi connectivity index (χ3v) is 4.54. The molecule has 24 heavy (non-hydrogen) atoms. The van der Waals surface area contributed by atoms with Crippen LogP contribution in [0.15, 0.2) is 40.2 Å². The highest BCUT2D eigenvalue weighted by molar-refractivity contribution is 7.99. The van der Waals surface area contributed by atoms with E-state index in [0.717, 1.165) is 31.3 Å². The number of hydrogen-bond donors (Lipinski definition) is 1. The van der Waals surface area contributed by atoms with E-state index >= 15 is 0 Å². The van der Waals surface area contributed by atoms with E-state index in [1.807, 2.05) is 55.8 Å². The van der Waals surface area contributed by atoms with E-state index in [1.165, 1.54) is 4.90 Å². The molecule has 0 aliphatic rings. The van der Waals surface area contributed by atoms with Gasteiger partial charge in [-0.15, -0.1) is 11.8 Å². The SMILES string of the molecule is CCNC(=NCCSc1ccccc1)N(C)CC(=O)N(CC)CC. The molecular formula is C18H30N4OS. The van der Waals surface area contributed by atoms with Crippen molar-refractivity contribution < 1.29 is 4.79 Å². The second kappa shape index (κ2) is 11.8. The van der Waals surface area contributed by atoms with Crippen LogP contribution in [0.1, 0.15) is 20.8 Å². The minimum Gasteiger partial charge on any atom is -0.357 e. The molecular weight excluding hydrogens is 320 g/mol. The van der Waals surface area contributed by atoms with E-state index in [9.17, 15) is 4.79 Å². The van der Waals surface area contributed by atoms with Crippen LogP contribution >= 0.6 is 11.8 Å². The normalized spacial score (nSPS) is 11.2. The Morgan fingerprint density at radius 3 is 2.42 bits per heavy atom. The standard InChI is InChI=1S/C18H30N4OS/c1-5-19-18(21(4)15-17(23)22(6-2)7-3)20-13-14-24-16-11-9-8-10-12-16/h8-12H,5-7,13-15H2,1-4H3,(H,19,20). The number of amides is 1. The summed E-state index contributed by atoms with van der Waals surface area (Å²) in [5.41, 5.74) is 0. The van der Waals surface area contributed by atoms with E-state index in [-0.39, 0.29) is 5.91 Å². The Labute approximate surface area is 150 Å². The summed E-state index contributed by atoms with van der Waals surface area (Å²) in [6.45, 7) is 9.37. The number of carbonyl (C=O) groups excluding carboxylic acids is 1. The predicted molar refractivity (Wildman–Crippen MR) is 104 cm³/mol. The molecule has 0 fully saturated rings. The lowest BCUT2D eigenvalue weighted by Crippen LogP contribution is -2.45. The van der Waals surface area contributed by atoms with Gasteiger partial charge in [0.25, 0.3) is 0 Å². The fourth-order valence-corrected chi connectivity index (χ4v) is 3.02. The maximum atomic E-state index is 12.2. The lowest BCUT2D eigenvalue weighted by atomic mass is 10.4. The average molecular weight is 351 g/mol. The van der Waals surface area contributed by atoms with Gasteiger partial charge in [-0.1, -0.05) is 18.2 Å². The summed E-state index contributed by atoms with van der Waals surface area (Å²) in [5.74, 6) is 1.83. The predicted octanol–water partition coefficient (Wildman–Crippen LogP) is 2.54. The van der Waals surface area contributed by atoms with Gasteiger partial charge in [-0.3, -0.25) is 9.79 Å². The Kier molecular flexibility index (Phi) is 10.00. The van der Waals surface area contributed by atoms with Gasteiger partial charge in [0.15, 0.2) is 5.96 Å². The molecule has 5 nitrogen and oxygen atoms in total. The fourth-order valence-electron chi connectivity index (χ4n) is 2.26. The quantitative estimate of drug-likeness (QED) is 0.322. The van der Waals surface area contributed by atoms with E-state index in [1.54, 1.807) is 11.8 Å². The third kappa shape index (κ3) is 7.25. The molecule has 0 spiro atoms. The number of nitrogens with one attached hydrogen (secondary N) is 1. The molecule has 6 heteroatoms. The number of nitrogens with zero attached hydrogens (tertiary/aromatic N) is 3. The summed E-state index contributed by atoms with van der Waals surface area (Å²) >= 11 is 1.79. The van der Waals surface area contributed by atoms with Gasteiger partial charge in [-0.2, -0.15) is 0 Å². The first kappa shape index (κ1) is 20.4. The molecule has 1 amide bonds. The number of hydrogen-bond acceptors (Lipinski definition) is 3. The van der Waals surface area contributed by atoms with Crippen LogP contribution in [0.3, 0.4) is 0 Å². The van der Waals surface area contributed by atoms with E-state index < -0.39 is 0 Å². The van der Waals surface area contributed by atoms with Crippen molar-refractivity contribution in [1.82, 2.24) is 15.1 Å². The number of rotatable bonds is 9. The Bertz CT molecular complexity index is 503. The first-order valence-electron chi connectivity index (χ1n) is 8.57. The van der Waals surface area contributed by atoms with Crippen LogP contribution in [-0.2, 0) is 4.79 Å². The maximum Gasteiger partial charge on any atom is 0.242 e. The highest BCUT2D eigenvalue weighted by Gasteiger charge is 2.14. The van der Waals surface area contributed by atoms with Crippen molar-refractivity contribution >= 4 is 23.6 Å². The van der Waals surface area contributed by atoms with E-state index in [4.69, 9.17) is 0 Å². The van der Waals surface area contributed by atoms with Crippen molar-refractivity contribution in [3.05, 3.63) is 30.3 Å². The molecule has 134 valence electrons. The third-order valence-electron chi connectivity index (χ3n) is 3.55. The van der Waals surface area contributed by atoms with Crippen LogP contribution in [0, 0.1) is 0 Å². The fraction of sp³-hybridized carbons (Fsp3) is 0.556. The number of likely N-dealkylation sites (N-methyl/N-ethyl adjacent to an activating group) is 2. The smallest absolute Gasteiger partial charge is 0.242 e. The summed E-state index contributed by atoms with van der Waals surface area (Å²) in [7, 11) is 1.91.